The lowest BCUT2D eigenvalue weighted by Crippen LogP contribution is -2.07. The Labute approximate surface area is 113 Å². The van der Waals surface area contributed by atoms with E-state index in [-0.39, 0.29) is 5.95 Å². The van der Waals surface area contributed by atoms with Crippen LogP contribution in [0.5, 0.6) is 0 Å². The van der Waals surface area contributed by atoms with Crippen molar-refractivity contribution in [3.63, 3.8) is 0 Å². The molecule has 0 atom stereocenters. The summed E-state index contributed by atoms with van der Waals surface area (Å²) in [5.41, 5.74) is 16.0. The first kappa shape index (κ1) is 13.3. The number of rotatable bonds is 4. The van der Waals surface area contributed by atoms with Gasteiger partial charge in [0.1, 0.15) is 5.82 Å². The molecule has 0 aliphatic rings. The highest BCUT2D eigenvalue weighted by Gasteiger charge is 2.07. The van der Waals surface area contributed by atoms with Gasteiger partial charge in [-0.15, -0.1) is 0 Å². The second-order valence-electron chi connectivity index (χ2n) is 4.87. The van der Waals surface area contributed by atoms with Crippen LogP contribution in [0, 0.1) is 13.8 Å². The third-order valence-corrected chi connectivity index (χ3v) is 3.28. The van der Waals surface area contributed by atoms with Gasteiger partial charge < -0.3 is 11.5 Å². The van der Waals surface area contributed by atoms with E-state index in [1.54, 1.807) is 0 Å². The van der Waals surface area contributed by atoms with Crippen LogP contribution in [-0.4, -0.2) is 9.97 Å². The maximum Gasteiger partial charge on any atom is 0.222 e. The number of nitrogens with two attached hydrogens (primary N) is 2. The monoisotopic (exact) mass is 256 g/mol. The largest absolute Gasteiger partial charge is 0.383 e. The summed E-state index contributed by atoms with van der Waals surface area (Å²) in [5, 5.41) is 0. The molecule has 0 aliphatic heterocycles. The molecule has 19 heavy (non-hydrogen) atoms. The van der Waals surface area contributed by atoms with Crippen molar-refractivity contribution < 1.29 is 0 Å². The fraction of sp³-hybridized carbons (Fsp3) is 0.333. The molecule has 2 aromatic rings. The van der Waals surface area contributed by atoms with E-state index >= 15 is 0 Å². The lowest BCUT2D eigenvalue weighted by atomic mass is 10.0. The topological polar surface area (TPSA) is 77.8 Å². The van der Waals surface area contributed by atoms with Crippen molar-refractivity contribution in [2.45, 2.75) is 33.1 Å². The minimum atomic E-state index is 0.247. The van der Waals surface area contributed by atoms with Crippen molar-refractivity contribution in [3.05, 3.63) is 46.6 Å². The SMILES string of the molecule is Cc1ccc(CCCc2c(C)nc(N)nc2N)cc1. The highest BCUT2D eigenvalue weighted by atomic mass is 15.0. The molecule has 0 radical (unpaired) electrons. The van der Waals surface area contributed by atoms with Gasteiger partial charge in [0.25, 0.3) is 0 Å². The summed E-state index contributed by atoms with van der Waals surface area (Å²) in [4.78, 5) is 8.17. The van der Waals surface area contributed by atoms with Crippen LogP contribution in [0.4, 0.5) is 11.8 Å². The van der Waals surface area contributed by atoms with Crippen LogP contribution in [0.2, 0.25) is 0 Å². The Kier molecular flexibility index (Phi) is 4.00. The summed E-state index contributed by atoms with van der Waals surface area (Å²) in [6, 6.07) is 8.62. The van der Waals surface area contributed by atoms with E-state index in [0.717, 1.165) is 30.5 Å². The Bertz CT molecular complexity index is 538. The lowest BCUT2D eigenvalue weighted by molar-refractivity contribution is 0.807. The number of nitrogens with zero attached hydrogens (tertiary/aromatic N) is 2. The second kappa shape index (κ2) is 5.69. The third kappa shape index (κ3) is 3.44. The lowest BCUT2D eigenvalue weighted by Gasteiger charge is -2.09. The molecule has 0 unspecified atom stereocenters. The second-order valence-corrected chi connectivity index (χ2v) is 4.87. The van der Waals surface area contributed by atoms with E-state index in [1.165, 1.54) is 11.1 Å². The van der Waals surface area contributed by atoms with Gasteiger partial charge in [0.15, 0.2) is 0 Å². The Hall–Kier alpha value is -2.10. The fourth-order valence-electron chi connectivity index (χ4n) is 2.17. The maximum atomic E-state index is 5.89. The first-order chi connectivity index (χ1) is 9.06. The molecule has 1 aromatic carbocycles. The molecule has 0 amide bonds. The summed E-state index contributed by atoms with van der Waals surface area (Å²) in [7, 11) is 0. The predicted molar refractivity (Wildman–Crippen MR) is 78.8 cm³/mol. The van der Waals surface area contributed by atoms with Crippen LogP contribution in [0.1, 0.15) is 28.8 Å². The molecule has 4 N–H and O–H groups in total. The minimum absolute atomic E-state index is 0.247. The predicted octanol–water partition coefficient (Wildman–Crippen LogP) is 2.43. The standard InChI is InChI=1S/C15H20N4/c1-10-6-8-12(9-7-10)4-3-5-13-11(2)18-15(17)19-14(13)16/h6-9H,3-5H2,1-2H3,(H4,16,17,18,19). The van der Waals surface area contributed by atoms with E-state index in [4.69, 9.17) is 11.5 Å². The molecule has 2 rings (SSSR count). The van der Waals surface area contributed by atoms with Crippen molar-refractivity contribution in [2.75, 3.05) is 11.5 Å². The van der Waals surface area contributed by atoms with Crippen LogP contribution in [0.3, 0.4) is 0 Å². The van der Waals surface area contributed by atoms with Crippen molar-refractivity contribution in [1.82, 2.24) is 9.97 Å². The summed E-state index contributed by atoms with van der Waals surface area (Å²) in [6.07, 6.45) is 2.94. The number of anilines is 2. The first-order valence-electron chi connectivity index (χ1n) is 6.50. The van der Waals surface area contributed by atoms with Gasteiger partial charge in [0.2, 0.25) is 5.95 Å². The zero-order valence-corrected chi connectivity index (χ0v) is 11.5. The number of hydrogen-bond acceptors (Lipinski definition) is 4. The Morgan fingerprint density at radius 3 is 2.26 bits per heavy atom. The van der Waals surface area contributed by atoms with Crippen LogP contribution >= 0.6 is 0 Å². The Morgan fingerprint density at radius 2 is 1.63 bits per heavy atom. The molecule has 0 bridgehead atoms. The van der Waals surface area contributed by atoms with Crippen LogP contribution in [0.15, 0.2) is 24.3 Å². The van der Waals surface area contributed by atoms with E-state index < -0.39 is 0 Å². The Morgan fingerprint density at radius 1 is 0.947 bits per heavy atom. The van der Waals surface area contributed by atoms with Gasteiger partial charge in [-0.2, -0.15) is 4.98 Å². The molecule has 4 heteroatoms. The fourth-order valence-corrected chi connectivity index (χ4v) is 2.17. The summed E-state index contributed by atoms with van der Waals surface area (Å²) in [6.45, 7) is 4.02. The van der Waals surface area contributed by atoms with Gasteiger partial charge in [-0.05, 0) is 38.7 Å². The highest BCUT2D eigenvalue weighted by Crippen LogP contribution is 2.17. The minimum Gasteiger partial charge on any atom is -0.383 e. The van der Waals surface area contributed by atoms with E-state index in [2.05, 4.69) is 41.2 Å². The molecular formula is C15H20N4. The van der Waals surface area contributed by atoms with Gasteiger partial charge in [0, 0.05) is 11.3 Å². The van der Waals surface area contributed by atoms with Crippen molar-refractivity contribution >= 4 is 11.8 Å². The molecule has 100 valence electrons. The molecule has 1 heterocycles. The van der Waals surface area contributed by atoms with Crippen molar-refractivity contribution in [1.29, 1.82) is 0 Å². The summed E-state index contributed by atoms with van der Waals surface area (Å²) >= 11 is 0. The van der Waals surface area contributed by atoms with Gasteiger partial charge in [0.05, 0.1) is 0 Å². The quantitative estimate of drug-likeness (QED) is 0.880. The number of aromatic nitrogens is 2. The van der Waals surface area contributed by atoms with Crippen LogP contribution < -0.4 is 11.5 Å². The molecule has 4 nitrogen and oxygen atoms in total. The molecule has 0 saturated heterocycles. The van der Waals surface area contributed by atoms with Gasteiger partial charge >= 0.3 is 0 Å². The van der Waals surface area contributed by atoms with Gasteiger partial charge in [-0.3, -0.25) is 0 Å². The molecule has 1 aromatic heterocycles. The number of hydrogen-bond donors (Lipinski definition) is 2. The molecule has 0 aliphatic carbocycles. The summed E-state index contributed by atoms with van der Waals surface area (Å²) in [5.74, 6) is 0.756. The number of nitrogen functional groups attached to an aromatic ring is 2. The first-order valence-corrected chi connectivity index (χ1v) is 6.50. The highest BCUT2D eigenvalue weighted by molar-refractivity contribution is 5.45. The molecular weight excluding hydrogens is 236 g/mol. The van der Waals surface area contributed by atoms with Crippen molar-refractivity contribution in [3.8, 4) is 0 Å². The summed E-state index contributed by atoms with van der Waals surface area (Å²) < 4.78 is 0. The van der Waals surface area contributed by atoms with E-state index in [1.807, 2.05) is 6.92 Å². The third-order valence-electron chi connectivity index (χ3n) is 3.28. The molecule has 0 saturated carbocycles. The molecule has 0 spiro atoms. The average molecular weight is 256 g/mol. The maximum absolute atomic E-state index is 5.89. The molecule has 0 fully saturated rings. The van der Waals surface area contributed by atoms with Crippen LogP contribution in [0.25, 0.3) is 0 Å². The zero-order valence-electron chi connectivity index (χ0n) is 11.5. The normalized spacial score (nSPS) is 10.6. The van der Waals surface area contributed by atoms with E-state index in [0.29, 0.717) is 5.82 Å². The van der Waals surface area contributed by atoms with Crippen molar-refractivity contribution in [2.24, 2.45) is 0 Å². The smallest absolute Gasteiger partial charge is 0.222 e. The average Bonchev–Trinajstić information content (AvgIpc) is 2.34. The number of aryl methyl sites for hydroxylation is 3. The van der Waals surface area contributed by atoms with Gasteiger partial charge in [-0.25, -0.2) is 4.98 Å². The Balaban J connectivity index is 1.98. The number of benzene rings is 1. The van der Waals surface area contributed by atoms with E-state index in [9.17, 15) is 0 Å². The zero-order chi connectivity index (χ0) is 13.8. The van der Waals surface area contributed by atoms with Crippen LogP contribution in [-0.2, 0) is 12.8 Å². The van der Waals surface area contributed by atoms with Gasteiger partial charge in [-0.1, -0.05) is 29.8 Å².